The van der Waals surface area contributed by atoms with Crippen LogP contribution in [0.4, 0.5) is 9.59 Å². The molecule has 0 saturated carbocycles. The molecule has 1 aromatic heterocycles. The first kappa shape index (κ1) is 30.5. The molecule has 2 amide bonds. The van der Waals surface area contributed by atoms with E-state index in [1.54, 1.807) is 18.2 Å². The van der Waals surface area contributed by atoms with E-state index < -0.39 is 36.2 Å². The van der Waals surface area contributed by atoms with Crippen LogP contribution in [-0.4, -0.2) is 64.1 Å². The number of amides is 2. The van der Waals surface area contributed by atoms with Crippen molar-refractivity contribution < 1.29 is 38.1 Å². The number of rotatable bonds is 10. The lowest BCUT2D eigenvalue weighted by molar-refractivity contribution is -0.150. The zero-order valence-electron chi connectivity index (χ0n) is 24.3. The Bertz CT molecular complexity index is 1330. The van der Waals surface area contributed by atoms with Gasteiger partial charge in [0, 0.05) is 13.1 Å². The number of ether oxygens (including phenoxy) is 4. The van der Waals surface area contributed by atoms with Crippen molar-refractivity contribution in [3.05, 3.63) is 101 Å². The van der Waals surface area contributed by atoms with E-state index in [0.717, 1.165) is 11.1 Å². The zero-order chi connectivity index (χ0) is 30.7. The van der Waals surface area contributed by atoms with Gasteiger partial charge in [-0.3, -0.25) is 14.8 Å². The first-order chi connectivity index (χ1) is 21.5. The summed E-state index contributed by atoms with van der Waals surface area (Å²) in [6.07, 6.45) is 1.20. The van der Waals surface area contributed by atoms with Crippen LogP contribution in [0, 0.1) is 0 Å². The maximum absolute atomic E-state index is 12.9. The minimum Gasteiger partial charge on any atom is -0.458 e. The van der Waals surface area contributed by atoms with Crippen LogP contribution < -0.4 is 0 Å². The van der Waals surface area contributed by atoms with Crippen LogP contribution in [0.1, 0.15) is 48.2 Å². The highest BCUT2D eigenvalue weighted by Gasteiger charge is 2.37. The Morgan fingerprint density at radius 2 is 1.00 bits per heavy atom. The average molecular weight is 602 g/mol. The molecule has 11 nitrogen and oxygen atoms in total. The number of pyridine rings is 1. The Hall–Kier alpha value is -4.93. The van der Waals surface area contributed by atoms with Crippen LogP contribution in [0.5, 0.6) is 0 Å². The van der Waals surface area contributed by atoms with Crippen molar-refractivity contribution in [2.45, 2.75) is 64.2 Å². The van der Waals surface area contributed by atoms with Gasteiger partial charge in [-0.1, -0.05) is 66.7 Å². The predicted octanol–water partition coefficient (Wildman–Crippen LogP) is 4.77. The Labute approximate surface area is 255 Å². The van der Waals surface area contributed by atoms with Gasteiger partial charge in [0.05, 0.1) is 11.4 Å². The number of benzene rings is 2. The van der Waals surface area contributed by atoms with Crippen LogP contribution in [0.3, 0.4) is 0 Å². The minimum atomic E-state index is -0.726. The molecule has 2 aliphatic rings. The SMILES string of the molecule is O=C(OCc1cccc(COC(=O)[C@@H]2CCCN2C(=O)OCc2ccccc2)n1)[C@@H]1CCCN1C(=O)OCc1ccccc1. The van der Waals surface area contributed by atoms with Gasteiger partial charge in [0.1, 0.15) is 38.5 Å². The van der Waals surface area contributed by atoms with Gasteiger partial charge in [-0.2, -0.15) is 0 Å². The fourth-order valence-electron chi connectivity index (χ4n) is 5.24. The van der Waals surface area contributed by atoms with Crippen LogP contribution in [-0.2, 0) is 55.0 Å². The Kier molecular flexibility index (Phi) is 10.4. The molecule has 2 aromatic carbocycles. The van der Waals surface area contributed by atoms with Crippen molar-refractivity contribution in [1.29, 1.82) is 0 Å². The molecule has 3 aromatic rings. The highest BCUT2D eigenvalue weighted by atomic mass is 16.6. The molecule has 2 atom stereocenters. The third kappa shape index (κ3) is 8.12. The average Bonchev–Trinajstić information content (AvgIpc) is 3.76. The van der Waals surface area contributed by atoms with Gasteiger partial charge in [-0.15, -0.1) is 0 Å². The summed E-state index contributed by atoms with van der Waals surface area (Å²) in [5, 5.41) is 0. The van der Waals surface area contributed by atoms with Crippen molar-refractivity contribution in [2.24, 2.45) is 0 Å². The molecule has 0 spiro atoms. The number of hydrogen-bond acceptors (Lipinski definition) is 9. The van der Waals surface area contributed by atoms with Crippen LogP contribution >= 0.6 is 0 Å². The lowest BCUT2D eigenvalue weighted by Crippen LogP contribution is -2.41. The Morgan fingerprint density at radius 1 is 0.568 bits per heavy atom. The second-order valence-electron chi connectivity index (χ2n) is 10.6. The highest BCUT2D eigenvalue weighted by molar-refractivity contribution is 5.82. The van der Waals surface area contributed by atoms with E-state index in [4.69, 9.17) is 18.9 Å². The summed E-state index contributed by atoms with van der Waals surface area (Å²) < 4.78 is 21.8. The molecule has 230 valence electrons. The van der Waals surface area contributed by atoms with Gasteiger partial charge in [0.2, 0.25) is 0 Å². The van der Waals surface area contributed by atoms with E-state index in [9.17, 15) is 19.2 Å². The summed E-state index contributed by atoms with van der Waals surface area (Å²) in [5.41, 5.74) is 2.65. The summed E-state index contributed by atoms with van der Waals surface area (Å²) in [5.74, 6) is -1.06. The molecule has 0 radical (unpaired) electrons. The smallest absolute Gasteiger partial charge is 0.410 e. The fourth-order valence-corrected chi connectivity index (χ4v) is 5.24. The molecule has 2 aliphatic heterocycles. The van der Waals surface area contributed by atoms with Crippen molar-refractivity contribution in [1.82, 2.24) is 14.8 Å². The fraction of sp³-hybridized carbons (Fsp3) is 0.364. The number of carbonyl (C=O) groups is 4. The quantitative estimate of drug-likeness (QED) is 0.239. The normalized spacial score (nSPS) is 17.6. The molecule has 5 rings (SSSR count). The van der Waals surface area contributed by atoms with Crippen molar-refractivity contribution >= 4 is 24.1 Å². The minimum absolute atomic E-state index is 0.103. The molecule has 44 heavy (non-hydrogen) atoms. The molecule has 0 N–H and O–H groups in total. The third-order valence-electron chi connectivity index (χ3n) is 7.52. The topological polar surface area (TPSA) is 125 Å². The maximum atomic E-state index is 12.9. The van der Waals surface area contributed by atoms with E-state index in [-0.39, 0.29) is 26.4 Å². The van der Waals surface area contributed by atoms with Gasteiger partial charge >= 0.3 is 24.1 Å². The monoisotopic (exact) mass is 601 g/mol. The molecular formula is C33H35N3O8. The summed E-state index contributed by atoms with van der Waals surface area (Å²) >= 11 is 0. The Balaban J connectivity index is 1.07. The van der Waals surface area contributed by atoms with E-state index in [0.29, 0.717) is 50.2 Å². The largest absolute Gasteiger partial charge is 0.458 e. The number of carbonyl (C=O) groups excluding carboxylic acids is 4. The summed E-state index contributed by atoms with van der Waals surface area (Å²) in [6.45, 7) is 0.861. The molecule has 0 bridgehead atoms. The number of aromatic nitrogens is 1. The first-order valence-electron chi connectivity index (χ1n) is 14.7. The molecule has 2 saturated heterocycles. The van der Waals surface area contributed by atoms with Crippen LogP contribution in [0.25, 0.3) is 0 Å². The second kappa shape index (κ2) is 15.0. The maximum Gasteiger partial charge on any atom is 0.410 e. The van der Waals surface area contributed by atoms with Crippen LogP contribution in [0.15, 0.2) is 78.9 Å². The first-order valence-corrected chi connectivity index (χ1v) is 14.7. The lowest BCUT2D eigenvalue weighted by atomic mass is 10.2. The molecular weight excluding hydrogens is 566 g/mol. The van der Waals surface area contributed by atoms with Crippen molar-refractivity contribution in [2.75, 3.05) is 13.1 Å². The van der Waals surface area contributed by atoms with Gasteiger partial charge in [0.15, 0.2) is 0 Å². The standard InChI is InChI=1S/C33H35N3O8/c37-30(28-16-8-18-35(28)32(39)43-20-24-10-3-1-4-11-24)41-22-26-14-7-15-27(34-26)23-42-31(38)29-17-9-19-36(29)33(40)44-21-25-12-5-2-6-13-25/h1-7,10-15,28-29H,8-9,16-23H2/t28-,29-/m0/s1. The summed E-state index contributed by atoms with van der Waals surface area (Å²) in [4.78, 5) is 58.2. The number of likely N-dealkylation sites (tertiary alicyclic amines) is 2. The zero-order valence-corrected chi connectivity index (χ0v) is 24.3. The summed E-state index contributed by atoms with van der Waals surface area (Å²) in [6, 6.07) is 22.3. The third-order valence-corrected chi connectivity index (χ3v) is 7.52. The van der Waals surface area contributed by atoms with E-state index >= 15 is 0 Å². The lowest BCUT2D eigenvalue weighted by Gasteiger charge is -2.23. The molecule has 0 aliphatic carbocycles. The van der Waals surface area contributed by atoms with E-state index in [2.05, 4.69) is 4.98 Å². The van der Waals surface area contributed by atoms with Crippen molar-refractivity contribution in [3.8, 4) is 0 Å². The molecule has 11 heteroatoms. The molecule has 2 fully saturated rings. The predicted molar refractivity (Wildman–Crippen MR) is 157 cm³/mol. The summed E-state index contributed by atoms with van der Waals surface area (Å²) in [7, 11) is 0. The van der Waals surface area contributed by atoms with Gasteiger partial charge in [-0.05, 0) is 48.9 Å². The highest BCUT2D eigenvalue weighted by Crippen LogP contribution is 2.22. The number of esters is 2. The second-order valence-corrected chi connectivity index (χ2v) is 10.6. The number of hydrogen-bond donors (Lipinski definition) is 0. The van der Waals surface area contributed by atoms with Crippen LogP contribution in [0.2, 0.25) is 0 Å². The van der Waals surface area contributed by atoms with E-state index in [1.165, 1.54) is 9.80 Å². The molecule has 0 unspecified atom stereocenters. The van der Waals surface area contributed by atoms with Gasteiger partial charge in [-0.25, -0.2) is 19.2 Å². The van der Waals surface area contributed by atoms with Gasteiger partial charge < -0.3 is 18.9 Å². The van der Waals surface area contributed by atoms with E-state index in [1.807, 2.05) is 60.7 Å². The Morgan fingerprint density at radius 3 is 1.43 bits per heavy atom. The number of nitrogens with zero attached hydrogens (tertiary/aromatic N) is 3. The van der Waals surface area contributed by atoms with Gasteiger partial charge in [0.25, 0.3) is 0 Å². The molecule has 3 heterocycles. The van der Waals surface area contributed by atoms with Crippen molar-refractivity contribution in [3.63, 3.8) is 0 Å².